The molecule has 0 aliphatic rings. The van der Waals surface area contributed by atoms with Gasteiger partial charge in [0.25, 0.3) is 0 Å². The molecule has 0 fully saturated rings. The van der Waals surface area contributed by atoms with Crippen molar-refractivity contribution in [2.75, 3.05) is 0 Å². The van der Waals surface area contributed by atoms with Crippen LogP contribution in [0.4, 0.5) is 0 Å². The van der Waals surface area contributed by atoms with Crippen LogP contribution in [0, 0.1) is 0 Å². The molecular formula is C14H24O4. The van der Waals surface area contributed by atoms with Crippen LogP contribution in [-0.2, 0) is 14.3 Å². The Morgan fingerprint density at radius 3 is 2.11 bits per heavy atom. The van der Waals surface area contributed by atoms with E-state index in [1.807, 2.05) is 0 Å². The van der Waals surface area contributed by atoms with E-state index in [0.717, 1.165) is 12.8 Å². The van der Waals surface area contributed by atoms with E-state index in [4.69, 9.17) is 5.11 Å². The molecule has 0 bridgehead atoms. The third kappa shape index (κ3) is 9.87. The maximum absolute atomic E-state index is 10.7. The van der Waals surface area contributed by atoms with Crippen LogP contribution in [0.25, 0.3) is 0 Å². The van der Waals surface area contributed by atoms with Crippen LogP contribution in [0.15, 0.2) is 11.8 Å². The predicted octanol–water partition coefficient (Wildman–Crippen LogP) is 3.66. The first-order valence-corrected chi connectivity index (χ1v) is 6.69. The molecular weight excluding hydrogens is 232 g/mol. The van der Waals surface area contributed by atoms with Crippen molar-refractivity contribution in [2.45, 2.75) is 65.2 Å². The number of carboxylic acids is 1. The lowest BCUT2D eigenvalue weighted by atomic mass is 10.1. The molecule has 0 radical (unpaired) electrons. The number of carbonyl (C=O) groups is 2. The largest absolute Gasteiger partial charge is 0.475 e. The summed E-state index contributed by atoms with van der Waals surface area (Å²) in [5, 5.41) is 8.78. The van der Waals surface area contributed by atoms with Crippen molar-refractivity contribution < 1.29 is 19.4 Å². The molecule has 0 aromatic carbocycles. The highest BCUT2D eigenvalue weighted by atomic mass is 16.6. The van der Waals surface area contributed by atoms with Gasteiger partial charge in [0.05, 0.1) is 0 Å². The summed E-state index contributed by atoms with van der Waals surface area (Å²) >= 11 is 0. The number of ether oxygens (including phenoxy) is 1. The fourth-order valence-electron chi connectivity index (χ4n) is 1.66. The van der Waals surface area contributed by atoms with Crippen molar-refractivity contribution in [1.29, 1.82) is 0 Å². The van der Waals surface area contributed by atoms with Gasteiger partial charge in [0.1, 0.15) is 0 Å². The van der Waals surface area contributed by atoms with Crippen LogP contribution >= 0.6 is 0 Å². The van der Waals surface area contributed by atoms with E-state index in [9.17, 15) is 9.59 Å². The molecule has 0 aliphatic carbocycles. The molecule has 0 atom stereocenters. The summed E-state index contributed by atoms with van der Waals surface area (Å²) in [6, 6.07) is 0. The van der Waals surface area contributed by atoms with Crippen molar-refractivity contribution in [2.24, 2.45) is 0 Å². The Labute approximate surface area is 109 Å². The molecule has 18 heavy (non-hydrogen) atoms. The van der Waals surface area contributed by atoms with Crippen LogP contribution < -0.4 is 0 Å². The van der Waals surface area contributed by atoms with Crippen LogP contribution in [0.2, 0.25) is 0 Å². The van der Waals surface area contributed by atoms with Crippen molar-refractivity contribution in [3.05, 3.63) is 11.8 Å². The zero-order valence-electron chi connectivity index (χ0n) is 11.4. The number of hydrogen-bond acceptors (Lipinski definition) is 3. The fraction of sp³-hybridized carbons (Fsp3) is 0.714. The molecule has 0 heterocycles. The minimum Gasteiger partial charge on any atom is -0.475 e. The molecule has 0 rings (SSSR count). The number of unbranched alkanes of at least 4 members (excludes halogenated alkanes) is 7. The lowest BCUT2D eigenvalue weighted by molar-refractivity contribution is -0.146. The Balaban J connectivity index is 3.70. The Morgan fingerprint density at radius 2 is 1.61 bits per heavy atom. The highest BCUT2D eigenvalue weighted by Gasteiger charge is 2.10. The van der Waals surface area contributed by atoms with Gasteiger partial charge in [-0.15, -0.1) is 0 Å². The van der Waals surface area contributed by atoms with E-state index < -0.39 is 11.9 Å². The molecule has 1 N–H and O–H groups in total. The molecule has 0 unspecified atom stereocenters. The SMILES string of the molecule is CCCCCCCCCC=C(OC(C)=O)C(=O)O. The number of carboxylic acid groups (broad SMARTS) is 1. The van der Waals surface area contributed by atoms with Crippen molar-refractivity contribution >= 4 is 11.9 Å². The number of esters is 1. The lowest BCUT2D eigenvalue weighted by Crippen LogP contribution is -2.08. The molecule has 0 saturated heterocycles. The number of hydrogen-bond donors (Lipinski definition) is 1. The topological polar surface area (TPSA) is 63.6 Å². The highest BCUT2D eigenvalue weighted by Crippen LogP contribution is 2.10. The maximum Gasteiger partial charge on any atom is 0.371 e. The average Bonchev–Trinajstić information content (AvgIpc) is 2.30. The molecule has 0 aromatic rings. The predicted molar refractivity (Wildman–Crippen MR) is 70.1 cm³/mol. The lowest BCUT2D eigenvalue weighted by Gasteiger charge is -2.02. The van der Waals surface area contributed by atoms with Gasteiger partial charge in [-0.1, -0.05) is 45.4 Å². The summed E-state index contributed by atoms with van der Waals surface area (Å²) in [6.45, 7) is 3.39. The van der Waals surface area contributed by atoms with Gasteiger partial charge in [0.15, 0.2) is 0 Å². The standard InChI is InChI=1S/C14H24O4/c1-3-4-5-6-7-8-9-10-11-13(14(16)17)18-12(2)15/h11H,3-10H2,1-2H3,(H,16,17). The Morgan fingerprint density at radius 1 is 1.06 bits per heavy atom. The zero-order chi connectivity index (χ0) is 13.8. The first-order valence-electron chi connectivity index (χ1n) is 6.69. The van der Waals surface area contributed by atoms with Crippen LogP contribution in [-0.4, -0.2) is 17.0 Å². The minimum absolute atomic E-state index is 0.256. The van der Waals surface area contributed by atoms with Gasteiger partial charge >= 0.3 is 11.9 Å². The average molecular weight is 256 g/mol. The summed E-state index contributed by atoms with van der Waals surface area (Å²) < 4.78 is 4.59. The second-order valence-electron chi connectivity index (χ2n) is 4.38. The zero-order valence-corrected chi connectivity index (χ0v) is 11.4. The minimum atomic E-state index is -1.19. The van der Waals surface area contributed by atoms with E-state index in [-0.39, 0.29) is 5.76 Å². The molecule has 0 amide bonds. The molecule has 0 saturated carbocycles. The van der Waals surface area contributed by atoms with Crippen molar-refractivity contribution in [1.82, 2.24) is 0 Å². The van der Waals surface area contributed by atoms with E-state index in [2.05, 4.69) is 11.7 Å². The fourth-order valence-corrected chi connectivity index (χ4v) is 1.66. The Bertz CT molecular complexity index is 282. The van der Waals surface area contributed by atoms with Gasteiger partial charge in [-0.25, -0.2) is 4.79 Å². The van der Waals surface area contributed by atoms with Crippen molar-refractivity contribution in [3.63, 3.8) is 0 Å². The van der Waals surface area contributed by atoms with Gasteiger partial charge < -0.3 is 9.84 Å². The van der Waals surface area contributed by atoms with Crippen LogP contribution in [0.3, 0.4) is 0 Å². The summed E-state index contributed by atoms with van der Waals surface area (Å²) in [6.07, 6.45) is 10.4. The van der Waals surface area contributed by atoms with Crippen molar-refractivity contribution in [3.8, 4) is 0 Å². The molecule has 104 valence electrons. The van der Waals surface area contributed by atoms with Gasteiger partial charge in [-0.05, 0) is 18.9 Å². The molecule has 0 aromatic heterocycles. The molecule has 0 spiro atoms. The second kappa shape index (κ2) is 10.8. The molecule has 4 nitrogen and oxygen atoms in total. The number of carbonyl (C=O) groups excluding carboxylic acids is 1. The Hall–Kier alpha value is -1.32. The summed E-state index contributed by atoms with van der Waals surface area (Å²) in [5.74, 6) is -2.04. The third-order valence-corrected chi connectivity index (χ3v) is 2.60. The van der Waals surface area contributed by atoms with Gasteiger partial charge in [0, 0.05) is 6.92 Å². The summed E-state index contributed by atoms with van der Waals surface area (Å²) in [4.78, 5) is 21.4. The monoisotopic (exact) mass is 256 g/mol. The van der Waals surface area contributed by atoms with E-state index >= 15 is 0 Å². The van der Waals surface area contributed by atoms with Crippen LogP contribution in [0.1, 0.15) is 65.2 Å². The normalized spacial score (nSPS) is 11.3. The maximum atomic E-state index is 10.7. The second-order valence-corrected chi connectivity index (χ2v) is 4.38. The number of rotatable bonds is 10. The summed E-state index contributed by atoms with van der Waals surface area (Å²) in [7, 11) is 0. The Kier molecular flexibility index (Phi) is 10.0. The quantitative estimate of drug-likeness (QED) is 0.280. The number of allylic oxidation sites excluding steroid dienone is 1. The third-order valence-electron chi connectivity index (χ3n) is 2.60. The van der Waals surface area contributed by atoms with Gasteiger partial charge in [0.2, 0.25) is 5.76 Å². The number of aliphatic carboxylic acids is 1. The first kappa shape index (κ1) is 16.7. The highest BCUT2D eigenvalue weighted by molar-refractivity contribution is 5.87. The van der Waals surface area contributed by atoms with Crippen LogP contribution in [0.5, 0.6) is 0 Å². The van der Waals surface area contributed by atoms with E-state index in [0.29, 0.717) is 6.42 Å². The van der Waals surface area contributed by atoms with E-state index in [1.165, 1.54) is 45.1 Å². The molecule has 4 heteroatoms. The molecule has 0 aliphatic heterocycles. The van der Waals surface area contributed by atoms with E-state index in [1.54, 1.807) is 0 Å². The summed E-state index contributed by atoms with van der Waals surface area (Å²) in [5.41, 5.74) is 0. The van der Waals surface area contributed by atoms with Gasteiger partial charge in [-0.3, -0.25) is 4.79 Å². The van der Waals surface area contributed by atoms with Gasteiger partial charge in [-0.2, -0.15) is 0 Å². The smallest absolute Gasteiger partial charge is 0.371 e. The first-order chi connectivity index (χ1) is 8.57.